The number of carbonyl (C=O) groups excluding carboxylic acids is 1. The predicted molar refractivity (Wildman–Crippen MR) is 84.3 cm³/mol. The summed E-state index contributed by atoms with van der Waals surface area (Å²) in [6.45, 7) is 4.30. The molecule has 0 aliphatic rings. The first kappa shape index (κ1) is 17.7. The second kappa shape index (κ2) is 7.59. The van der Waals surface area contributed by atoms with E-state index in [9.17, 15) is 13.2 Å². The molecule has 1 aromatic heterocycles. The Morgan fingerprint density at radius 3 is 2.71 bits per heavy atom. The minimum Gasteiger partial charge on any atom is -0.351 e. The lowest BCUT2D eigenvalue weighted by Crippen LogP contribution is -2.26. The minimum atomic E-state index is -3.54. The largest absolute Gasteiger partial charge is 0.351 e. The Morgan fingerprint density at radius 2 is 2.14 bits per heavy atom. The van der Waals surface area contributed by atoms with Crippen LogP contribution in [0.5, 0.6) is 0 Å². The van der Waals surface area contributed by atoms with Crippen LogP contribution in [0.1, 0.15) is 25.1 Å². The van der Waals surface area contributed by atoms with Gasteiger partial charge in [-0.3, -0.25) is 4.79 Å². The number of nitrogens with one attached hydrogen (secondary N) is 1. The molecule has 0 spiro atoms. The average molecular weight is 328 g/mol. The summed E-state index contributed by atoms with van der Waals surface area (Å²) in [7, 11) is -2.10. The number of carbonyl (C=O) groups is 1. The second-order valence-electron chi connectivity index (χ2n) is 5.06. The Balaban J connectivity index is 2.70. The van der Waals surface area contributed by atoms with E-state index in [1.165, 1.54) is 13.1 Å². The van der Waals surface area contributed by atoms with Crippen molar-refractivity contribution in [1.82, 2.24) is 9.62 Å². The highest BCUT2D eigenvalue weighted by Crippen LogP contribution is 2.24. The van der Waals surface area contributed by atoms with Gasteiger partial charge in [-0.25, -0.2) is 8.42 Å². The molecule has 0 radical (unpaired) electrons. The van der Waals surface area contributed by atoms with E-state index < -0.39 is 10.0 Å². The molecule has 0 fully saturated rings. The topological polar surface area (TPSA) is 66.5 Å². The molecular weight excluding hydrogens is 308 g/mol. The third-order valence-corrected chi connectivity index (χ3v) is 6.02. The molecule has 0 atom stereocenters. The fourth-order valence-electron chi connectivity index (χ4n) is 1.59. The second-order valence-corrected chi connectivity index (χ2v) is 8.50. The summed E-state index contributed by atoms with van der Waals surface area (Å²) in [6, 6.07) is 3.24. The molecule has 0 aliphatic carbocycles. The van der Waals surface area contributed by atoms with Crippen LogP contribution in [0.4, 0.5) is 0 Å². The zero-order valence-electron chi connectivity index (χ0n) is 12.4. The molecule has 0 saturated heterocycles. The number of hydrogen-bond donors (Lipinski definition) is 1. The highest BCUT2D eigenvalue weighted by Gasteiger charge is 2.22. The summed E-state index contributed by atoms with van der Waals surface area (Å²) < 4.78 is 25.7. The van der Waals surface area contributed by atoms with Gasteiger partial charge in [-0.05, 0) is 18.1 Å². The van der Waals surface area contributed by atoms with E-state index in [0.717, 1.165) is 20.5 Å². The monoisotopic (exact) mass is 328 g/mol. The van der Waals surface area contributed by atoms with Gasteiger partial charge in [0.1, 0.15) is 4.21 Å². The molecule has 21 heavy (non-hydrogen) atoms. The van der Waals surface area contributed by atoms with Crippen molar-refractivity contribution in [3.05, 3.63) is 17.0 Å². The lowest BCUT2D eigenvalue weighted by atomic mass is 10.1. The first-order valence-electron chi connectivity index (χ1n) is 6.52. The zero-order valence-corrected chi connectivity index (χ0v) is 14.1. The van der Waals surface area contributed by atoms with Crippen LogP contribution in [0.15, 0.2) is 16.3 Å². The number of thiophene rings is 1. The van der Waals surface area contributed by atoms with Crippen molar-refractivity contribution in [3.8, 4) is 12.3 Å². The average Bonchev–Trinajstić information content (AvgIpc) is 2.85. The molecule has 1 heterocycles. The lowest BCUT2D eigenvalue weighted by molar-refractivity contribution is -0.121. The summed E-state index contributed by atoms with van der Waals surface area (Å²) in [5.41, 5.74) is 0. The summed E-state index contributed by atoms with van der Waals surface area (Å²) in [4.78, 5) is 12.4. The van der Waals surface area contributed by atoms with Gasteiger partial charge in [0.25, 0.3) is 10.0 Å². The standard InChI is InChI=1S/C14H20N2O3S2/c1-5-8-16(4)21(18,19)14-7-6-12(20-14)10-15-13(17)9-11(2)3/h1,6-7,11H,8-10H2,2-4H3,(H,15,17). The van der Waals surface area contributed by atoms with Crippen LogP contribution in [0.2, 0.25) is 0 Å². The van der Waals surface area contributed by atoms with E-state index in [1.807, 2.05) is 13.8 Å². The number of hydrogen-bond acceptors (Lipinski definition) is 4. The quantitative estimate of drug-likeness (QED) is 0.774. The smallest absolute Gasteiger partial charge is 0.253 e. The number of nitrogens with zero attached hydrogens (tertiary/aromatic N) is 1. The molecule has 1 amide bonds. The van der Waals surface area contributed by atoms with Gasteiger partial charge in [0.05, 0.1) is 13.1 Å². The van der Waals surface area contributed by atoms with Gasteiger partial charge in [-0.15, -0.1) is 17.8 Å². The Morgan fingerprint density at radius 1 is 1.48 bits per heavy atom. The number of rotatable bonds is 7. The molecule has 0 unspecified atom stereocenters. The first-order chi connectivity index (χ1) is 9.77. The maximum absolute atomic E-state index is 12.2. The van der Waals surface area contributed by atoms with Gasteiger partial charge in [-0.1, -0.05) is 19.8 Å². The van der Waals surface area contributed by atoms with E-state index >= 15 is 0 Å². The molecule has 5 nitrogen and oxygen atoms in total. The van der Waals surface area contributed by atoms with E-state index in [0.29, 0.717) is 18.9 Å². The third-order valence-electron chi connectivity index (χ3n) is 2.67. The maximum atomic E-state index is 12.2. The van der Waals surface area contributed by atoms with Crippen LogP contribution in [-0.2, 0) is 21.4 Å². The number of sulfonamides is 1. The molecule has 1 rings (SSSR count). The molecule has 0 saturated carbocycles. The van der Waals surface area contributed by atoms with Crippen LogP contribution in [0.3, 0.4) is 0 Å². The fourth-order valence-corrected chi connectivity index (χ4v) is 4.18. The van der Waals surface area contributed by atoms with E-state index in [-0.39, 0.29) is 16.7 Å². The van der Waals surface area contributed by atoms with Crippen LogP contribution in [0, 0.1) is 18.3 Å². The molecule has 0 bridgehead atoms. The molecular formula is C14H20N2O3S2. The summed E-state index contributed by atoms with van der Waals surface area (Å²) in [5.74, 6) is 2.56. The summed E-state index contributed by atoms with van der Waals surface area (Å²) in [6.07, 6.45) is 5.59. The number of amides is 1. The van der Waals surface area contributed by atoms with Gasteiger partial charge >= 0.3 is 0 Å². The Hall–Kier alpha value is -1.36. The normalized spacial score (nSPS) is 11.6. The highest BCUT2D eigenvalue weighted by molar-refractivity contribution is 7.91. The van der Waals surface area contributed by atoms with E-state index in [1.54, 1.807) is 6.07 Å². The van der Waals surface area contributed by atoms with Crippen molar-refractivity contribution in [3.63, 3.8) is 0 Å². The SMILES string of the molecule is C#CCN(C)S(=O)(=O)c1ccc(CNC(=O)CC(C)C)s1. The van der Waals surface area contributed by atoms with Crippen LogP contribution < -0.4 is 5.32 Å². The van der Waals surface area contributed by atoms with Crippen molar-refractivity contribution in [1.29, 1.82) is 0 Å². The minimum absolute atomic E-state index is 0.0285. The molecule has 116 valence electrons. The first-order valence-corrected chi connectivity index (χ1v) is 8.78. The van der Waals surface area contributed by atoms with Crippen LogP contribution in [0.25, 0.3) is 0 Å². The lowest BCUT2D eigenvalue weighted by Gasteiger charge is -2.12. The molecule has 7 heteroatoms. The van der Waals surface area contributed by atoms with Crippen molar-refractivity contribution in [2.24, 2.45) is 5.92 Å². The zero-order chi connectivity index (χ0) is 16.0. The van der Waals surface area contributed by atoms with Crippen LogP contribution in [-0.4, -0.2) is 32.2 Å². The summed E-state index contributed by atoms with van der Waals surface area (Å²) in [5, 5.41) is 2.78. The molecule has 1 aromatic rings. The predicted octanol–water partition coefficient (Wildman–Crippen LogP) is 1.66. The highest BCUT2D eigenvalue weighted by atomic mass is 32.2. The Kier molecular flexibility index (Phi) is 6.40. The van der Waals surface area contributed by atoms with Crippen LogP contribution >= 0.6 is 11.3 Å². The van der Waals surface area contributed by atoms with Crippen molar-refractivity contribution >= 4 is 27.3 Å². The Bertz CT molecular complexity index is 627. The van der Waals surface area contributed by atoms with E-state index in [2.05, 4.69) is 11.2 Å². The Labute approximate surface area is 130 Å². The number of terminal acetylenes is 1. The van der Waals surface area contributed by atoms with Crippen molar-refractivity contribution < 1.29 is 13.2 Å². The fraction of sp³-hybridized carbons (Fsp3) is 0.500. The maximum Gasteiger partial charge on any atom is 0.253 e. The van der Waals surface area contributed by atoms with Gasteiger partial charge < -0.3 is 5.32 Å². The summed E-state index contributed by atoms with van der Waals surface area (Å²) >= 11 is 1.14. The van der Waals surface area contributed by atoms with E-state index in [4.69, 9.17) is 6.42 Å². The van der Waals surface area contributed by atoms with Gasteiger partial charge in [-0.2, -0.15) is 4.31 Å². The van der Waals surface area contributed by atoms with Crippen molar-refractivity contribution in [2.75, 3.05) is 13.6 Å². The third kappa shape index (κ3) is 5.16. The molecule has 0 aromatic carbocycles. The molecule has 0 aliphatic heterocycles. The molecule has 1 N–H and O–H groups in total. The van der Waals surface area contributed by atoms with Gasteiger partial charge in [0.2, 0.25) is 5.91 Å². The van der Waals surface area contributed by atoms with Gasteiger partial charge in [0.15, 0.2) is 0 Å². The van der Waals surface area contributed by atoms with Crippen molar-refractivity contribution in [2.45, 2.75) is 31.0 Å². The van der Waals surface area contributed by atoms with Gasteiger partial charge in [0, 0.05) is 18.3 Å².